The zero-order chi connectivity index (χ0) is 12.8. The number of hydrogen-bond acceptors (Lipinski definition) is 0. The van der Waals surface area contributed by atoms with Crippen LogP contribution in [0.3, 0.4) is 0 Å². The van der Waals surface area contributed by atoms with Crippen LogP contribution in [0.4, 0.5) is 0 Å². The van der Waals surface area contributed by atoms with Crippen LogP contribution in [0.5, 0.6) is 0 Å². The standard InChI is InChI=1S/C13H14Br2Cl2/c1-12(2)7-10(12)11(14)13(15,17)8-3-5-9(16)6-4-8/h3-6,10-11H,7H2,1-2H3/t10?,11-,13-/m0/s1. The lowest BCUT2D eigenvalue weighted by molar-refractivity contribution is 0.533. The SMILES string of the molecule is CC1(C)CC1[C@H](Br)[C@](Cl)(Br)c1ccc(Cl)cc1. The summed E-state index contributed by atoms with van der Waals surface area (Å²) in [6, 6.07) is 7.67. The zero-order valence-electron chi connectivity index (χ0n) is 9.68. The van der Waals surface area contributed by atoms with E-state index in [1.54, 1.807) is 0 Å². The molecule has 0 spiro atoms. The predicted molar refractivity (Wildman–Crippen MR) is 82.5 cm³/mol. The Morgan fingerprint density at radius 1 is 1.35 bits per heavy atom. The molecule has 0 radical (unpaired) electrons. The molecule has 2 rings (SSSR count). The number of halogens is 4. The van der Waals surface area contributed by atoms with Gasteiger partial charge in [-0.25, -0.2) is 0 Å². The van der Waals surface area contributed by atoms with Crippen LogP contribution in [0.25, 0.3) is 0 Å². The fourth-order valence-electron chi connectivity index (χ4n) is 2.09. The van der Waals surface area contributed by atoms with Crippen molar-refractivity contribution in [1.29, 1.82) is 0 Å². The molecule has 0 heterocycles. The van der Waals surface area contributed by atoms with E-state index in [0.29, 0.717) is 11.3 Å². The van der Waals surface area contributed by atoms with Crippen molar-refractivity contribution in [1.82, 2.24) is 0 Å². The molecule has 1 fully saturated rings. The summed E-state index contributed by atoms with van der Waals surface area (Å²) in [5.74, 6) is 0.593. The average Bonchev–Trinajstić information content (AvgIpc) is 2.87. The highest BCUT2D eigenvalue weighted by Gasteiger charge is 2.55. The fraction of sp³-hybridized carbons (Fsp3) is 0.538. The van der Waals surface area contributed by atoms with Crippen LogP contribution < -0.4 is 0 Å². The molecule has 1 aliphatic rings. The Hall–Kier alpha value is 0.760. The lowest BCUT2D eigenvalue weighted by Crippen LogP contribution is -2.26. The first-order valence-corrected chi connectivity index (χ1v) is 7.99. The topological polar surface area (TPSA) is 0 Å². The molecule has 0 aliphatic heterocycles. The Bertz CT molecular complexity index is 412. The molecule has 94 valence electrons. The van der Waals surface area contributed by atoms with Gasteiger partial charge in [-0.2, -0.15) is 0 Å². The van der Waals surface area contributed by atoms with Crippen LogP contribution >= 0.6 is 55.1 Å². The number of alkyl halides is 3. The average molecular weight is 401 g/mol. The van der Waals surface area contributed by atoms with Crippen molar-refractivity contribution in [2.24, 2.45) is 11.3 Å². The second kappa shape index (κ2) is 4.70. The molecule has 0 saturated heterocycles. The third-order valence-corrected chi connectivity index (χ3v) is 7.38. The predicted octanol–water partition coefficient (Wildman–Crippen LogP) is 5.94. The molecular formula is C13H14Br2Cl2. The Kier molecular flexibility index (Phi) is 3.92. The maximum absolute atomic E-state index is 6.65. The van der Waals surface area contributed by atoms with Gasteiger partial charge in [-0.15, -0.1) is 11.6 Å². The molecule has 1 aromatic carbocycles. The molecule has 1 aromatic rings. The van der Waals surface area contributed by atoms with Crippen LogP contribution in [0.1, 0.15) is 25.8 Å². The Morgan fingerprint density at radius 2 is 1.82 bits per heavy atom. The van der Waals surface area contributed by atoms with E-state index in [1.807, 2.05) is 24.3 Å². The summed E-state index contributed by atoms with van der Waals surface area (Å²) in [4.78, 5) is 0.202. The quantitative estimate of drug-likeness (QED) is 0.551. The van der Waals surface area contributed by atoms with Gasteiger partial charge >= 0.3 is 0 Å². The van der Waals surface area contributed by atoms with Gasteiger partial charge in [0.25, 0.3) is 0 Å². The highest BCUT2D eigenvalue weighted by atomic mass is 79.9. The van der Waals surface area contributed by atoms with Gasteiger partial charge in [0.2, 0.25) is 0 Å². The number of rotatable bonds is 3. The zero-order valence-corrected chi connectivity index (χ0v) is 14.4. The van der Waals surface area contributed by atoms with Crippen molar-refractivity contribution in [2.45, 2.75) is 28.9 Å². The Balaban J connectivity index is 2.21. The third-order valence-electron chi connectivity index (χ3n) is 3.52. The van der Waals surface area contributed by atoms with E-state index < -0.39 is 3.78 Å². The molecule has 1 saturated carbocycles. The summed E-state index contributed by atoms with van der Waals surface area (Å²) in [6.45, 7) is 4.54. The van der Waals surface area contributed by atoms with Gasteiger partial charge in [0.05, 0.1) is 4.83 Å². The van der Waals surface area contributed by atoms with Gasteiger partial charge in [-0.1, -0.05) is 69.4 Å². The maximum atomic E-state index is 6.65. The second-order valence-corrected chi connectivity index (χ2v) is 9.06. The van der Waals surface area contributed by atoms with Gasteiger partial charge in [-0.05, 0) is 35.4 Å². The van der Waals surface area contributed by atoms with Crippen LogP contribution in [0, 0.1) is 11.3 Å². The maximum Gasteiger partial charge on any atom is 0.137 e. The Morgan fingerprint density at radius 3 is 2.24 bits per heavy atom. The van der Waals surface area contributed by atoms with Crippen molar-refractivity contribution in [3.05, 3.63) is 34.9 Å². The highest BCUT2D eigenvalue weighted by Crippen LogP contribution is 2.61. The lowest BCUT2D eigenvalue weighted by atomic mass is 10.0. The van der Waals surface area contributed by atoms with Crippen molar-refractivity contribution in [3.8, 4) is 0 Å². The molecule has 4 heteroatoms. The molecule has 1 aliphatic carbocycles. The van der Waals surface area contributed by atoms with Crippen LogP contribution in [0.15, 0.2) is 24.3 Å². The van der Waals surface area contributed by atoms with E-state index in [1.165, 1.54) is 6.42 Å². The monoisotopic (exact) mass is 398 g/mol. The minimum absolute atomic E-state index is 0.202. The van der Waals surface area contributed by atoms with Crippen LogP contribution in [0.2, 0.25) is 5.02 Å². The normalized spacial score (nSPS) is 27.3. The van der Waals surface area contributed by atoms with Crippen LogP contribution in [-0.2, 0) is 3.78 Å². The van der Waals surface area contributed by atoms with Crippen molar-refractivity contribution in [3.63, 3.8) is 0 Å². The first kappa shape index (κ1) is 14.2. The summed E-state index contributed by atoms with van der Waals surface area (Å²) in [5, 5.41) is 0.728. The van der Waals surface area contributed by atoms with Gasteiger partial charge < -0.3 is 0 Å². The van der Waals surface area contributed by atoms with E-state index in [9.17, 15) is 0 Å². The minimum atomic E-state index is -0.573. The third kappa shape index (κ3) is 2.86. The highest BCUT2D eigenvalue weighted by molar-refractivity contribution is 9.12. The van der Waals surface area contributed by atoms with Crippen molar-refractivity contribution < 1.29 is 0 Å². The molecule has 0 aromatic heterocycles. The van der Waals surface area contributed by atoms with Gasteiger partial charge in [-0.3, -0.25) is 0 Å². The number of hydrogen-bond donors (Lipinski definition) is 0. The van der Waals surface area contributed by atoms with Gasteiger partial charge in [0.15, 0.2) is 0 Å². The first-order chi connectivity index (χ1) is 7.75. The summed E-state index contributed by atoms with van der Waals surface area (Å²) in [7, 11) is 0. The van der Waals surface area contributed by atoms with E-state index in [-0.39, 0.29) is 4.83 Å². The molecule has 0 amide bonds. The van der Waals surface area contributed by atoms with Crippen molar-refractivity contribution in [2.75, 3.05) is 0 Å². The van der Waals surface area contributed by atoms with Crippen LogP contribution in [-0.4, -0.2) is 4.83 Å². The van der Waals surface area contributed by atoms with Gasteiger partial charge in [0.1, 0.15) is 3.78 Å². The van der Waals surface area contributed by atoms with E-state index >= 15 is 0 Å². The molecule has 17 heavy (non-hydrogen) atoms. The molecule has 0 N–H and O–H groups in total. The van der Waals surface area contributed by atoms with Gasteiger partial charge in [0, 0.05) is 5.02 Å². The molecular weight excluding hydrogens is 387 g/mol. The summed E-state index contributed by atoms with van der Waals surface area (Å²) in [5.41, 5.74) is 1.42. The summed E-state index contributed by atoms with van der Waals surface area (Å²) < 4.78 is -0.573. The van der Waals surface area contributed by atoms with E-state index in [0.717, 1.165) is 10.6 Å². The van der Waals surface area contributed by atoms with Crippen molar-refractivity contribution >= 4 is 55.1 Å². The first-order valence-electron chi connectivity index (χ1n) is 5.53. The lowest BCUT2D eigenvalue weighted by Gasteiger charge is -2.27. The fourth-order valence-corrected chi connectivity index (χ4v) is 4.25. The van der Waals surface area contributed by atoms with E-state index in [4.69, 9.17) is 23.2 Å². The Labute approximate surface area is 129 Å². The summed E-state index contributed by atoms with van der Waals surface area (Å²) >= 11 is 19.9. The molecule has 1 unspecified atom stereocenters. The summed E-state index contributed by atoms with van der Waals surface area (Å²) in [6.07, 6.45) is 1.20. The molecule has 0 nitrogen and oxygen atoms in total. The minimum Gasteiger partial charge on any atom is -0.100 e. The largest absolute Gasteiger partial charge is 0.137 e. The molecule has 3 atom stereocenters. The second-order valence-electron chi connectivity index (χ2n) is 5.33. The molecule has 0 bridgehead atoms. The smallest absolute Gasteiger partial charge is 0.100 e. The number of benzene rings is 1. The van der Waals surface area contributed by atoms with E-state index in [2.05, 4.69) is 45.7 Å².